The molecule has 0 saturated carbocycles. The second kappa shape index (κ2) is 7.38. The molecule has 27 heavy (non-hydrogen) atoms. The zero-order valence-electron chi connectivity index (χ0n) is 14.2. The molecular weight excluding hydrogens is 364 g/mol. The standard InChI is InChI=1S/C23H14F3P/c24-19-7-1-15(2-8-19)18-13-22(16-3-9-20(25)10-4-16)27-23(14-18)17-5-11-21(26)12-6-17/h1-14H. The van der Waals surface area contributed by atoms with Gasteiger partial charge in [0.05, 0.1) is 0 Å². The Labute approximate surface area is 157 Å². The molecule has 132 valence electrons. The molecule has 4 rings (SSSR count). The van der Waals surface area contributed by atoms with Gasteiger partial charge in [-0.3, -0.25) is 0 Å². The minimum absolute atomic E-state index is 0.288. The van der Waals surface area contributed by atoms with Crippen molar-refractivity contribution < 1.29 is 13.2 Å². The lowest BCUT2D eigenvalue weighted by Crippen LogP contribution is -1.84. The molecule has 4 heteroatoms. The fraction of sp³-hybridized carbons (Fsp3) is 0. The van der Waals surface area contributed by atoms with Crippen LogP contribution < -0.4 is 0 Å². The van der Waals surface area contributed by atoms with Crippen molar-refractivity contribution >= 4 is 8.19 Å². The molecule has 0 fully saturated rings. The molecule has 0 aliphatic heterocycles. The van der Waals surface area contributed by atoms with Gasteiger partial charge >= 0.3 is 0 Å². The SMILES string of the molecule is Fc1ccc(-c2cc(-c3ccc(F)cc3)pc(-c3ccc(F)cc3)c2)cc1. The third-order valence-corrected chi connectivity index (χ3v) is 5.54. The second-order valence-corrected chi connectivity index (χ2v) is 7.33. The average molecular weight is 378 g/mol. The van der Waals surface area contributed by atoms with Gasteiger partial charge in [-0.15, -0.1) is 0 Å². The maximum atomic E-state index is 13.3. The van der Waals surface area contributed by atoms with E-state index in [9.17, 15) is 13.2 Å². The highest BCUT2D eigenvalue weighted by atomic mass is 31.0. The van der Waals surface area contributed by atoms with E-state index < -0.39 is 0 Å². The Hall–Kier alpha value is -2.90. The highest BCUT2D eigenvalue weighted by Crippen LogP contribution is 2.40. The largest absolute Gasteiger partial charge is 0.207 e. The molecule has 3 aromatic carbocycles. The van der Waals surface area contributed by atoms with Crippen molar-refractivity contribution in [3.05, 3.63) is 102 Å². The fourth-order valence-electron chi connectivity index (χ4n) is 2.88. The lowest BCUT2D eigenvalue weighted by Gasteiger charge is -2.11. The summed E-state index contributed by atoms with van der Waals surface area (Å²) < 4.78 is 39.9. The fourth-order valence-corrected chi connectivity index (χ4v) is 4.10. The monoisotopic (exact) mass is 378 g/mol. The number of benzene rings is 3. The van der Waals surface area contributed by atoms with Crippen molar-refractivity contribution in [3.8, 4) is 32.8 Å². The minimum Gasteiger partial charge on any atom is -0.207 e. The smallest absolute Gasteiger partial charge is 0.123 e. The Kier molecular flexibility index (Phi) is 4.79. The van der Waals surface area contributed by atoms with Crippen molar-refractivity contribution in [2.75, 3.05) is 0 Å². The summed E-state index contributed by atoms with van der Waals surface area (Å²) in [5, 5.41) is 1.99. The predicted molar refractivity (Wildman–Crippen MR) is 105 cm³/mol. The van der Waals surface area contributed by atoms with Crippen molar-refractivity contribution in [1.82, 2.24) is 0 Å². The van der Waals surface area contributed by atoms with Crippen molar-refractivity contribution in [2.45, 2.75) is 0 Å². The van der Waals surface area contributed by atoms with Gasteiger partial charge in [-0.2, -0.15) is 0 Å². The minimum atomic E-state index is -0.293. The van der Waals surface area contributed by atoms with Crippen LogP contribution in [0.25, 0.3) is 32.8 Å². The summed E-state index contributed by atoms with van der Waals surface area (Å²) in [6.07, 6.45) is 0. The lowest BCUT2D eigenvalue weighted by atomic mass is 10.0. The molecule has 0 N–H and O–H groups in total. The molecule has 0 unspecified atom stereocenters. The van der Waals surface area contributed by atoms with Gasteiger partial charge in [0.2, 0.25) is 0 Å². The number of hydrogen-bond donors (Lipinski definition) is 0. The highest BCUT2D eigenvalue weighted by Gasteiger charge is 2.09. The zero-order chi connectivity index (χ0) is 18.8. The van der Waals surface area contributed by atoms with Crippen LogP contribution in [0.3, 0.4) is 0 Å². The Morgan fingerprint density at radius 2 is 0.741 bits per heavy atom. The van der Waals surface area contributed by atoms with E-state index in [-0.39, 0.29) is 17.5 Å². The first kappa shape index (κ1) is 17.5. The van der Waals surface area contributed by atoms with E-state index in [1.54, 1.807) is 36.4 Å². The van der Waals surface area contributed by atoms with Gasteiger partial charge < -0.3 is 0 Å². The van der Waals surface area contributed by atoms with Crippen LogP contribution in [0.1, 0.15) is 0 Å². The molecule has 0 atom stereocenters. The van der Waals surface area contributed by atoms with Gasteiger partial charge in [0.1, 0.15) is 17.5 Å². The molecule has 0 aliphatic rings. The maximum absolute atomic E-state index is 13.3. The van der Waals surface area contributed by atoms with Gasteiger partial charge in [0, 0.05) is 10.6 Å². The van der Waals surface area contributed by atoms with Crippen LogP contribution in [0.4, 0.5) is 13.2 Å². The van der Waals surface area contributed by atoms with Crippen LogP contribution in [0.5, 0.6) is 0 Å². The molecule has 0 bridgehead atoms. The zero-order valence-corrected chi connectivity index (χ0v) is 15.1. The second-order valence-electron chi connectivity index (χ2n) is 6.15. The lowest BCUT2D eigenvalue weighted by molar-refractivity contribution is 0.627. The van der Waals surface area contributed by atoms with Crippen LogP contribution in [-0.2, 0) is 0 Å². The molecule has 0 saturated heterocycles. The molecule has 1 aromatic heterocycles. The van der Waals surface area contributed by atoms with Gasteiger partial charge in [-0.25, -0.2) is 13.2 Å². The van der Waals surface area contributed by atoms with Gasteiger partial charge in [-0.05, 0) is 70.8 Å². The molecule has 4 aromatic rings. The Bertz CT molecular complexity index is 916. The summed E-state index contributed by atoms with van der Waals surface area (Å²) in [4.78, 5) is 0. The summed E-state index contributed by atoms with van der Waals surface area (Å²) in [6, 6.07) is 23.0. The van der Waals surface area contributed by atoms with Gasteiger partial charge in [0.15, 0.2) is 0 Å². The Morgan fingerprint density at radius 1 is 0.407 bits per heavy atom. The summed E-state index contributed by atoms with van der Waals surface area (Å²) in [6.45, 7) is 0. The Morgan fingerprint density at radius 3 is 1.11 bits per heavy atom. The summed E-state index contributed by atoms with van der Waals surface area (Å²) in [7, 11) is 0.938. The number of halogens is 3. The molecule has 0 aliphatic carbocycles. The third-order valence-electron chi connectivity index (χ3n) is 4.28. The molecule has 1 heterocycles. The normalized spacial score (nSPS) is 10.8. The number of rotatable bonds is 3. The van der Waals surface area contributed by atoms with Crippen molar-refractivity contribution in [2.24, 2.45) is 0 Å². The first-order valence-corrected chi connectivity index (χ1v) is 9.28. The van der Waals surface area contributed by atoms with Gasteiger partial charge in [-0.1, -0.05) is 44.6 Å². The third kappa shape index (κ3) is 3.94. The van der Waals surface area contributed by atoms with Crippen molar-refractivity contribution in [3.63, 3.8) is 0 Å². The van der Waals surface area contributed by atoms with E-state index in [1.807, 2.05) is 12.1 Å². The van der Waals surface area contributed by atoms with Crippen LogP contribution >= 0.6 is 8.19 Å². The maximum Gasteiger partial charge on any atom is 0.123 e. The molecule has 0 radical (unpaired) electrons. The summed E-state index contributed by atoms with van der Waals surface area (Å²) in [5.41, 5.74) is 3.62. The molecule has 0 spiro atoms. The molecule has 0 amide bonds. The highest BCUT2D eigenvalue weighted by molar-refractivity contribution is 7.37. The van der Waals surface area contributed by atoms with Gasteiger partial charge in [0.25, 0.3) is 0 Å². The van der Waals surface area contributed by atoms with Crippen LogP contribution in [0.15, 0.2) is 84.9 Å². The Balaban J connectivity index is 1.89. The van der Waals surface area contributed by atoms with E-state index in [2.05, 4.69) is 0 Å². The van der Waals surface area contributed by atoms with Crippen LogP contribution in [0.2, 0.25) is 0 Å². The topological polar surface area (TPSA) is 0 Å². The first-order chi connectivity index (χ1) is 13.1. The van der Waals surface area contributed by atoms with E-state index >= 15 is 0 Å². The molecular formula is C23H14F3P. The first-order valence-electron chi connectivity index (χ1n) is 8.38. The molecule has 0 nitrogen and oxygen atoms in total. The van der Waals surface area contributed by atoms with Crippen LogP contribution in [-0.4, -0.2) is 0 Å². The van der Waals surface area contributed by atoms with Crippen molar-refractivity contribution in [1.29, 1.82) is 0 Å². The van der Waals surface area contributed by atoms with E-state index in [0.29, 0.717) is 0 Å². The average Bonchev–Trinajstić information content (AvgIpc) is 2.69. The summed E-state index contributed by atoms with van der Waals surface area (Å²) in [5.74, 6) is -0.869. The quantitative estimate of drug-likeness (QED) is 0.343. The number of hydrogen-bond acceptors (Lipinski definition) is 0. The van der Waals surface area contributed by atoms with Crippen LogP contribution in [0, 0.1) is 17.5 Å². The summed E-state index contributed by atoms with van der Waals surface area (Å²) >= 11 is 0. The van der Waals surface area contributed by atoms with E-state index in [0.717, 1.165) is 41.0 Å². The van der Waals surface area contributed by atoms with E-state index in [1.165, 1.54) is 36.4 Å². The van der Waals surface area contributed by atoms with E-state index in [4.69, 9.17) is 0 Å². The predicted octanol–water partition coefficient (Wildman–Crippen LogP) is 7.69.